The lowest BCUT2D eigenvalue weighted by Gasteiger charge is -2.11. The van der Waals surface area contributed by atoms with Crippen LogP contribution in [-0.4, -0.2) is 20.5 Å². The molecule has 0 saturated carbocycles. The summed E-state index contributed by atoms with van der Waals surface area (Å²) in [7, 11) is 0. The van der Waals surface area contributed by atoms with Gasteiger partial charge in [-0.3, -0.25) is 14.5 Å². The Morgan fingerprint density at radius 2 is 2.11 bits per heavy atom. The van der Waals surface area contributed by atoms with Gasteiger partial charge in [-0.05, 0) is 48.3 Å². The summed E-state index contributed by atoms with van der Waals surface area (Å²) in [5, 5.41) is 4.22. The van der Waals surface area contributed by atoms with Crippen LogP contribution >= 0.6 is 15.9 Å². The van der Waals surface area contributed by atoms with Gasteiger partial charge in [0.2, 0.25) is 5.78 Å². The van der Waals surface area contributed by atoms with Gasteiger partial charge in [0.1, 0.15) is 5.69 Å². The lowest BCUT2D eigenvalue weighted by molar-refractivity contribution is 0.102. The van der Waals surface area contributed by atoms with Crippen LogP contribution in [0.3, 0.4) is 0 Å². The number of hydrogen-bond donors (Lipinski definition) is 0. The Balaban J connectivity index is 2.53. The highest BCUT2D eigenvalue weighted by atomic mass is 79.9. The van der Waals surface area contributed by atoms with E-state index in [1.165, 1.54) is 0 Å². The van der Waals surface area contributed by atoms with Crippen molar-refractivity contribution in [3.8, 4) is 0 Å². The molecule has 0 N–H and O–H groups in total. The number of pyridine rings is 1. The van der Waals surface area contributed by atoms with Gasteiger partial charge in [-0.1, -0.05) is 0 Å². The maximum absolute atomic E-state index is 12.5. The average Bonchev–Trinajstić information content (AvgIpc) is 2.71. The van der Waals surface area contributed by atoms with Gasteiger partial charge in [-0.2, -0.15) is 5.10 Å². The second kappa shape index (κ2) is 5.02. The van der Waals surface area contributed by atoms with Crippen LogP contribution in [0.4, 0.5) is 0 Å². The molecule has 0 fully saturated rings. The fourth-order valence-electron chi connectivity index (χ4n) is 1.77. The Morgan fingerprint density at radius 1 is 1.39 bits per heavy atom. The van der Waals surface area contributed by atoms with Crippen molar-refractivity contribution in [1.29, 1.82) is 0 Å². The van der Waals surface area contributed by atoms with Crippen LogP contribution in [0.15, 0.2) is 29.1 Å². The number of hydrogen-bond acceptors (Lipinski definition) is 3. The van der Waals surface area contributed by atoms with Crippen LogP contribution in [0.1, 0.15) is 41.5 Å². The number of aryl methyl sites for hydroxylation is 1. The lowest BCUT2D eigenvalue weighted by Crippen LogP contribution is -2.15. The van der Waals surface area contributed by atoms with E-state index in [4.69, 9.17) is 0 Å². The van der Waals surface area contributed by atoms with Gasteiger partial charge in [-0.25, -0.2) is 0 Å². The van der Waals surface area contributed by atoms with E-state index in [0.29, 0.717) is 15.7 Å². The minimum absolute atomic E-state index is 0.0568. The molecule has 0 bridgehead atoms. The number of carbonyl (C=O) groups is 1. The largest absolute Gasteiger partial charge is 0.287 e. The van der Waals surface area contributed by atoms with Crippen molar-refractivity contribution in [2.45, 2.75) is 26.8 Å². The lowest BCUT2D eigenvalue weighted by atomic mass is 10.1. The molecule has 94 valence electrons. The maximum atomic E-state index is 12.5. The first-order chi connectivity index (χ1) is 8.52. The second-order valence-electron chi connectivity index (χ2n) is 4.40. The van der Waals surface area contributed by atoms with Gasteiger partial charge in [0.05, 0.1) is 10.7 Å². The van der Waals surface area contributed by atoms with E-state index in [1.54, 1.807) is 23.3 Å². The van der Waals surface area contributed by atoms with Gasteiger partial charge in [-0.15, -0.1) is 0 Å². The molecular formula is C13H14BrN3O. The number of aromatic nitrogens is 3. The zero-order valence-electron chi connectivity index (χ0n) is 10.5. The molecule has 2 rings (SSSR count). The summed E-state index contributed by atoms with van der Waals surface area (Å²) < 4.78 is 2.43. The third-order valence-corrected chi connectivity index (χ3v) is 3.32. The molecule has 0 aromatic carbocycles. The Bertz CT molecular complexity index is 590. The van der Waals surface area contributed by atoms with Crippen molar-refractivity contribution in [2.24, 2.45) is 0 Å². The zero-order chi connectivity index (χ0) is 13.3. The molecule has 0 spiro atoms. The number of carbonyl (C=O) groups excluding carboxylic acids is 1. The second-order valence-corrected chi connectivity index (χ2v) is 5.25. The fraction of sp³-hybridized carbons (Fsp3) is 0.308. The molecule has 18 heavy (non-hydrogen) atoms. The summed E-state index contributed by atoms with van der Waals surface area (Å²) in [6.07, 6.45) is 4.93. The molecule has 4 nitrogen and oxygen atoms in total. The minimum Gasteiger partial charge on any atom is -0.287 e. The van der Waals surface area contributed by atoms with Crippen LogP contribution in [0, 0.1) is 6.92 Å². The quantitative estimate of drug-likeness (QED) is 0.818. The van der Waals surface area contributed by atoms with Gasteiger partial charge in [0.25, 0.3) is 0 Å². The van der Waals surface area contributed by atoms with Crippen molar-refractivity contribution in [3.05, 3.63) is 46.0 Å². The summed E-state index contributed by atoms with van der Waals surface area (Å²) in [6, 6.07) is 1.96. The number of rotatable bonds is 3. The third-order valence-electron chi connectivity index (χ3n) is 2.74. The van der Waals surface area contributed by atoms with Gasteiger partial charge in [0.15, 0.2) is 0 Å². The Hall–Kier alpha value is -1.49. The van der Waals surface area contributed by atoms with E-state index in [1.807, 2.05) is 26.8 Å². The SMILES string of the molecule is Cc1ccncc1C(=O)c1c(Br)cnn1C(C)C. The molecule has 0 saturated heterocycles. The number of ketones is 1. The number of halogens is 1. The molecule has 0 atom stereocenters. The molecular weight excluding hydrogens is 294 g/mol. The van der Waals surface area contributed by atoms with Crippen LogP contribution in [0.25, 0.3) is 0 Å². The van der Waals surface area contributed by atoms with Gasteiger partial charge < -0.3 is 0 Å². The first-order valence-electron chi connectivity index (χ1n) is 5.70. The molecule has 0 aliphatic rings. The zero-order valence-corrected chi connectivity index (χ0v) is 12.1. The van der Waals surface area contributed by atoms with Crippen LogP contribution in [-0.2, 0) is 0 Å². The van der Waals surface area contributed by atoms with E-state index < -0.39 is 0 Å². The molecule has 0 unspecified atom stereocenters. The van der Waals surface area contributed by atoms with Crippen molar-refractivity contribution in [3.63, 3.8) is 0 Å². The van der Waals surface area contributed by atoms with Crippen molar-refractivity contribution in [1.82, 2.24) is 14.8 Å². The first-order valence-corrected chi connectivity index (χ1v) is 6.50. The summed E-state index contributed by atoms with van der Waals surface area (Å²) >= 11 is 3.38. The van der Waals surface area contributed by atoms with Crippen LogP contribution < -0.4 is 0 Å². The average molecular weight is 308 g/mol. The molecule has 0 aliphatic heterocycles. The standard InChI is InChI=1S/C13H14BrN3O/c1-8(2)17-12(11(14)7-16-17)13(18)10-6-15-5-4-9(10)3/h4-8H,1-3H3. The molecule has 0 amide bonds. The first kappa shape index (κ1) is 13.0. The summed E-state index contributed by atoms with van der Waals surface area (Å²) in [4.78, 5) is 16.6. The molecule has 0 aliphatic carbocycles. The van der Waals surface area contributed by atoms with Crippen molar-refractivity contribution < 1.29 is 4.79 Å². The Kier molecular flexibility index (Phi) is 3.61. The monoisotopic (exact) mass is 307 g/mol. The molecule has 2 aromatic rings. The van der Waals surface area contributed by atoms with Crippen molar-refractivity contribution >= 4 is 21.7 Å². The van der Waals surface area contributed by atoms with E-state index in [0.717, 1.165) is 5.56 Å². The summed E-state index contributed by atoms with van der Waals surface area (Å²) in [5.74, 6) is -0.0568. The predicted molar refractivity (Wildman–Crippen MR) is 72.7 cm³/mol. The fourth-order valence-corrected chi connectivity index (χ4v) is 2.23. The normalized spacial score (nSPS) is 10.9. The number of nitrogens with zero attached hydrogens (tertiary/aromatic N) is 3. The van der Waals surface area contributed by atoms with Gasteiger partial charge in [0, 0.05) is 24.0 Å². The molecule has 2 heterocycles. The van der Waals surface area contributed by atoms with E-state index in [2.05, 4.69) is 26.0 Å². The van der Waals surface area contributed by atoms with Crippen molar-refractivity contribution in [2.75, 3.05) is 0 Å². The minimum atomic E-state index is -0.0568. The topological polar surface area (TPSA) is 47.8 Å². The van der Waals surface area contributed by atoms with Crippen LogP contribution in [0.5, 0.6) is 0 Å². The van der Waals surface area contributed by atoms with Gasteiger partial charge >= 0.3 is 0 Å². The Labute approximate surface area is 114 Å². The smallest absolute Gasteiger partial charge is 0.214 e. The van der Waals surface area contributed by atoms with Crippen LogP contribution in [0.2, 0.25) is 0 Å². The maximum Gasteiger partial charge on any atom is 0.214 e. The third kappa shape index (κ3) is 2.22. The van der Waals surface area contributed by atoms with E-state index >= 15 is 0 Å². The molecule has 0 radical (unpaired) electrons. The highest BCUT2D eigenvalue weighted by Crippen LogP contribution is 2.23. The summed E-state index contributed by atoms with van der Waals surface area (Å²) in [6.45, 7) is 5.89. The Morgan fingerprint density at radius 3 is 2.72 bits per heavy atom. The summed E-state index contributed by atoms with van der Waals surface area (Å²) in [5.41, 5.74) is 2.10. The predicted octanol–water partition coefficient (Wildman–Crippen LogP) is 3.16. The highest BCUT2D eigenvalue weighted by Gasteiger charge is 2.21. The molecule has 2 aromatic heterocycles. The van der Waals surface area contributed by atoms with E-state index in [9.17, 15) is 4.79 Å². The highest BCUT2D eigenvalue weighted by molar-refractivity contribution is 9.10. The van der Waals surface area contributed by atoms with E-state index in [-0.39, 0.29) is 11.8 Å². The molecule has 5 heteroatoms.